The molecule has 0 N–H and O–H groups in total. The first-order chi connectivity index (χ1) is 10.2. The molecule has 0 atom stereocenters. The maximum absolute atomic E-state index is 8.84. The number of halogens is 2. The predicted molar refractivity (Wildman–Crippen MR) is 84.6 cm³/mol. The van der Waals surface area contributed by atoms with Crippen molar-refractivity contribution in [2.24, 2.45) is 0 Å². The summed E-state index contributed by atoms with van der Waals surface area (Å²) >= 11 is 12.2. The summed E-state index contributed by atoms with van der Waals surface area (Å²) in [6.45, 7) is 0.643. The van der Waals surface area contributed by atoms with Crippen molar-refractivity contribution < 1.29 is 0 Å². The summed E-state index contributed by atoms with van der Waals surface area (Å²) in [5, 5.41) is 9.46. The van der Waals surface area contributed by atoms with Crippen molar-refractivity contribution >= 4 is 34.2 Å². The molecule has 0 saturated carbocycles. The normalized spacial score (nSPS) is 10.7. The topological polar surface area (TPSA) is 41.6 Å². The van der Waals surface area contributed by atoms with Gasteiger partial charge in [-0.3, -0.25) is 0 Å². The molecule has 0 saturated heterocycles. The molecule has 0 aliphatic heterocycles. The maximum atomic E-state index is 8.84. The lowest BCUT2D eigenvalue weighted by Crippen LogP contribution is -2.03. The Hall–Kier alpha value is -2.02. The number of hydrogen-bond acceptors (Lipinski definition) is 2. The molecular formula is C16H11Cl2N3. The van der Waals surface area contributed by atoms with Crippen LogP contribution in [0.2, 0.25) is 5.02 Å². The van der Waals surface area contributed by atoms with Crippen molar-refractivity contribution in [3.63, 3.8) is 0 Å². The Labute approximate surface area is 132 Å². The molecule has 2 aromatic carbocycles. The summed E-state index contributed by atoms with van der Waals surface area (Å²) in [7, 11) is 0. The van der Waals surface area contributed by atoms with E-state index in [1.165, 1.54) is 0 Å². The molecule has 0 aliphatic rings. The van der Waals surface area contributed by atoms with Crippen molar-refractivity contribution in [3.8, 4) is 6.07 Å². The quantitative estimate of drug-likeness (QED) is 0.674. The zero-order valence-electron chi connectivity index (χ0n) is 11.1. The molecule has 3 nitrogen and oxygen atoms in total. The number of aromatic nitrogens is 2. The summed E-state index contributed by atoms with van der Waals surface area (Å²) in [5.74, 6) is 1.10. The summed E-state index contributed by atoms with van der Waals surface area (Å²) in [6.07, 6.45) is 0. The van der Waals surface area contributed by atoms with Gasteiger partial charge in [0.15, 0.2) is 0 Å². The average Bonchev–Trinajstić information content (AvgIpc) is 2.87. The van der Waals surface area contributed by atoms with E-state index in [0.717, 1.165) is 22.4 Å². The highest BCUT2D eigenvalue weighted by atomic mass is 35.5. The molecule has 0 aliphatic carbocycles. The monoisotopic (exact) mass is 315 g/mol. The van der Waals surface area contributed by atoms with Crippen LogP contribution in [0.25, 0.3) is 11.0 Å². The first kappa shape index (κ1) is 13.9. The second-order valence-corrected chi connectivity index (χ2v) is 5.34. The lowest BCUT2D eigenvalue weighted by molar-refractivity contribution is 0.778. The summed E-state index contributed by atoms with van der Waals surface area (Å²) < 4.78 is 2.05. The van der Waals surface area contributed by atoms with Crippen molar-refractivity contribution in [3.05, 3.63) is 64.4 Å². The van der Waals surface area contributed by atoms with E-state index in [-0.39, 0.29) is 0 Å². The summed E-state index contributed by atoms with van der Waals surface area (Å²) in [6, 6.07) is 15.3. The Bertz CT molecular complexity index is 829. The molecule has 21 heavy (non-hydrogen) atoms. The third-order valence-corrected chi connectivity index (χ3v) is 3.90. The van der Waals surface area contributed by atoms with E-state index in [2.05, 4.69) is 15.6 Å². The average molecular weight is 316 g/mol. The van der Waals surface area contributed by atoms with E-state index in [1.54, 1.807) is 0 Å². The lowest BCUT2D eigenvalue weighted by atomic mass is 10.1. The Balaban J connectivity index is 2.06. The Morgan fingerprint density at radius 2 is 1.90 bits per heavy atom. The van der Waals surface area contributed by atoms with Crippen LogP contribution in [-0.4, -0.2) is 9.55 Å². The van der Waals surface area contributed by atoms with Crippen LogP contribution in [0.4, 0.5) is 0 Å². The molecule has 0 spiro atoms. The minimum Gasteiger partial charge on any atom is -0.322 e. The van der Waals surface area contributed by atoms with Crippen LogP contribution in [0.5, 0.6) is 0 Å². The van der Waals surface area contributed by atoms with Crippen LogP contribution in [0.15, 0.2) is 42.5 Å². The van der Waals surface area contributed by atoms with Crippen molar-refractivity contribution in [1.29, 1.82) is 5.26 Å². The van der Waals surface area contributed by atoms with Crippen molar-refractivity contribution in [1.82, 2.24) is 9.55 Å². The SMILES string of the molecule is N#Cc1ccc(Cn2c(CCl)nc3c(Cl)cccc32)cc1. The van der Waals surface area contributed by atoms with Gasteiger partial charge in [0, 0.05) is 6.54 Å². The number of para-hydroxylation sites is 1. The highest BCUT2D eigenvalue weighted by molar-refractivity contribution is 6.35. The van der Waals surface area contributed by atoms with Gasteiger partial charge in [-0.15, -0.1) is 11.6 Å². The van der Waals surface area contributed by atoms with Crippen LogP contribution in [-0.2, 0) is 12.4 Å². The van der Waals surface area contributed by atoms with Gasteiger partial charge >= 0.3 is 0 Å². The van der Waals surface area contributed by atoms with Gasteiger partial charge in [-0.05, 0) is 29.8 Å². The predicted octanol–water partition coefficient (Wildman–Crippen LogP) is 4.35. The van der Waals surface area contributed by atoms with Gasteiger partial charge < -0.3 is 4.57 Å². The highest BCUT2D eigenvalue weighted by Crippen LogP contribution is 2.25. The molecule has 3 rings (SSSR count). The second-order valence-electron chi connectivity index (χ2n) is 4.66. The van der Waals surface area contributed by atoms with E-state index in [9.17, 15) is 0 Å². The van der Waals surface area contributed by atoms with Gasteiger partial charge in [0.05, 0.1) is 28.1 Å². The first-order valence-corrected chi connectivity index (χ1v) is 7.33. The van der Waals surface area contributed by atoms with Gasteiger partial charge in [-0.25, -0.2) is 4.98 Å². The number of hydrogen-bond donors (Lipinski definition) is 0. The third-order valence-electron chi connectivity index (χ3n) is 3.35. The van der Waals surface area contributed by atoms with Crippen molar-refractivity contribution in [2.45, 2.75) is 12.4 Å². The Kier molecular flexibility index (Phi) is 3.83. The molecule has 0 bridgehead atoms. The molecule has 0 unspecified atom stereocenters. The van der Waals surface area contributed by atoms with E-state index in [4.69, 9.17) is 28.5 Å². The molecule has 104 valence electrons. The van der Waals surface area contributed by atoms with Gasteiger partial charge in [-0.1, -0.05) is 29.8 Å². The number of fused-ring (bicyclic) bond motifs is 1. The number of nitrogens with zero attached hydrogens (tertiary/aromatic N) is 3. The fourth-order valence-electron chi connectivity index (χ4n) is 2.31. The molecular weight excluding hydrogens is 305 g/mol. The second kappa shape index (κ2) is 5.77. The minimum absolute atomic E-state index is 0.321. The van der Waals surface area contributed by atoms with E-state index < -0.39 is 0 Å². The van der Waals surface area contributed by atoms with Crippen LogP contribution in [0, 0.1) is 11.3 Å². The zero-order valence-corrected chi connectivity index (χ0v) is 12.6. The maximum Gasteiger partial charge on any atom is 0.125 e. The summed E-state index contributed by atoms with van der Waals surface area (Å²) in [4.78, 5) is 4.51. The highest BCUT2D eigenvalue weighted by Gasteiger charge is 2.12. The fraction of sp³-hybridized carbons (Fsp3) is 0.125. The van der Waals surface area contributed by atoms with Crippen LogP contribution in [0.1, 0.15) is 17.0 Å². The largest absolute Gasteiger partial charge is 0.322 e. The molecule has 0 amide bonds. The molecule has 1 aromatic heterocycles. The molecule has 0 radical (unpaired) electrons. The summed E-state index contributed by atoms with van der Waals surface area (Å²) in [5.41, 5.74) is 3.46. The van der Waals surface area contributed by atoms with Gasteiger partial charge in [0.25, 0.3) is 0 Å². The standard InChI is InChI=1S/C16H11Cl2N3/c17-8-15-20-16-13(18)2-1-3-14(16)21(15)10-12-6-4-11(9-19)5-7-12/h1-7H,8,10H2. The van der Waals surface area contributed by atoms with Gasteiger partial charge in [0.2, 0.25) is 0 Å². The lowest BCUT2D eigenvalue weighted by Gasteiger charge is -2.08. The van der Waals surface area contributed by atoms with Crippen molar-refractivity contribution in [2.75, 3.05) is 0 Å². The minimum atomic E-state index is 0.321. The Morgan fingerprint density at radius 3 is 2.57 bits per heavy atom. The smallest absolute Gasteiger partial charge is 0.125 e. The van der Waals surface area contributed by atoms with Crippen LogP contribution in [0.3, 0.4) is 0 Å². The van der Waals surface area contributed by atoms with E-state index >= 15 is 0 Å². The molecule has 0 fully saturated rings. The van der Waals surface area contributed by atoms with Gasteiger partial charge in [0.1, 0.15) is 11.3 Å². The first-order valence-electron chi connectivity index (χ1n) is 6.41. The number of rotatable bonds is 3. The van der Waals surface area contributed by atoms with Crippen LogP contribution >= 0.6 is 23.2 Å². The molecule has 1 heterocycles. The number of benzene rings is 2. The fourth-order valence-corrected chi connectivity index (χ4v) is 2.72. The number of imidazole rings is 1. The number of alkyl halides is 1. The molecule has 3 aromatic rings. The third kappa shape index (κ3) is 2.61. The van der Waals surface area contributed by atoms with E-state index in [1.807, 2.05) is 42.5 Å². The van der Waals surface area contributed by atoms with E-state index in [0.29, 0.717) is 23.0 Å². The van der Waals surface area contributed by atoms with Crippen LogP contribution < -0.4 is 0 Å². The molecule has 5 heteroatoms. The Morgan fingerprint density at radius 1 is 1.14 bits per heavy atom. The van der Waals surface area contributed by atoms with Gasteiger partial charge in [-0.2, -0.15) is 5.26 Å². The zero-order chi connectivity index (χ0) is 14.8. The number of nitriles is 1.